The molecular weight excluding hydrogens is 226 g/mol. The normalized spacial score (nSPS) is 18.6. The van der Waals surface area contributed by atoms with Crippen LogP contribution in [0.1, 0.15) is 24.4 Å². The largest absolute Gasteiger partial charge is 0.313 e. The molecule has 1 atom stereocenters. The lowest BCUT2D eigenvalue weighted by Crippen LogP contribution is -2.17. The Morgan fingerprint density at radius 3 is 2.38 bits per heavy atom. The Bertz CT molecular complexity index is 277. The number of nitrogens with one attached hydrogen (secondary N) is 1. The van der Waals surface area contributed by atoms with E-state index in [1.807, 2.05) is 7.05 Å². The molecule has 2 rings (SSSR count). The Kier molecular flexibility index (Phi) is 2.70. The number of halogens is 1. The SMILES string of the molecule is CNC(c1ccc(Br)cc1)C1CC1. The van der Waals surface area contributed by atoms with Gasteiger partial charge >= 0.3 is 0 Å². The molecule has 1 saturated carbocycles. The highest BCUT2D eigenvalue weighted by Gasteiger charge is 2.30. The van der Waals surface area contributed by atoms with Gasteiger partial charge < -0.3 is 5.32 Å². The van der Waals surface area contributed by atoms with Crippen molar-refractivity contribution < 1.29 is 0 Å². The van der Waals surface area contributed by atoms with E-state index < -0.39 is 0 Å². The van der Waals surface area contributed by atoms with Gasteiger partial charge in [0.2, 0.25) is 0 Å². The number of rotatable bonds is 3. The molecule has 1 fully saturated rings. The first-order valence-electron chi connectivity index (χ1n) is 4.74. The van der Waals surface area contributed by atoms with Gasteiger partial charge in [0.25, 0.3) is 0 Å². The molecule has 1 aromatic rings. The lowest BCUT2D eigenvalue weighted by Gasteiger charge is -2.15. The summed E-state index contributed by atoms with van der Waals surface area (Å²) in [5.41, 5.74) is 1.41. The van der Waals surface area contributed by atoms with Crippen molar-refractivity contribution in [3.63, 3.8) is 0 Å². The summed E-state index contributed by atoms with van der Waals surface area (Å²) < 4.78 is 1.15. The first-order chi connectivity index (χ1) is 6.31. The molecule has 0 aromatic heterocycles. The van der Waals surface area contributed by atoms with Gasteiger partial charge in [-0.3, -0.25) is 0 Å². The quantitative estimate of drug-likeness (QED) is 0.855. The third kappa shape index (κ3) is 2.12. The molecular formula is C11H14BrN. The maximum Gasteiger partial charge on any atom is 0.0346 e. The molecule has 1 N–H and O–H groups in total. The van der Waals surface area contributed by atoms with Crippen LogP contribution in [0.5, 0.6) is 0 Å². The molecule has 1 aliphatic rings. The zero-order valence-corrected chi connectivity index (χ0v) is 9.34. The molecule has 1 aliphatic carbocycles. The van der Waals surface area contributed by atoms with Crippen LogP contribution in [0.4, 0.5) is 0 Å². The predicted octanol–water partition coefficient (Wildman–Crippen LogP) is 3.12. The van der Waals surface area contributed by atoms with Crippen LogP contribution in [0, 0.1) is 5.92 Å². The van der Waals surface area contributed by atoms with Crippen molar-refractivity contribution in [1.82, 2.24) is 5.32 Å². The van der Waals surface area contributed by atoms with E-state index >= 15 is 0 Å². The van der Waals surface area contributed by atoms with Crippen LogP contribution in [-0.2, 0) is 0 Å². The van der Waals surface area contributed by atoms with Gasteiger partial charge in [-0.15, -0.1) is 0 Å². The lowest BCUT2D eigenvalue weighted by atomic mass is 10.0. The minimum absolute atomic E-state index is 0.563. The van der Waals surface area contributed by atoms with Crippen molar-refractivity contribution in [2.45, 2.75) is 18.9 Å². The maximum atomic E-state index is 3.45. The van der Waals surface area contributed by atoms with Crippen molar-refractivity contribution in [3.8, 4) is 0 Å². The van der Waals surface area contributed by atoms with Crippen LogP contribution >= 0.6 is 15.9 Å². The van der Waals surface area contributed by atoms with Crippen molar-refractivity contribution in [2.75, 3.05) is 7.05 Å². The number of hydrogen-bond donors (Lipinski definition) is 1. The summed E-state index contributed by atoms with van der Waals surface area (Å²) in [5.74, 6) is 0.867. The maximum absolute atomic E-state index is 3.45. The van der Waals surface area contributed by atoms with Crippen LogP contribution in [0.15, 0.2) is 28.7 Å². The highest BCUT2D eigenvalue weighted by Crippen LogP contribution is 2.40. The van der Waals surface area contributed by atoms with E-state index in [-0.39, 0.29) is 0 Å². The van der Waals surface area contributed by atoms with Gasteiger partial charge in [-0.25, -0.2) is 0 Å². The minimum atomic E-state index is 0.563. The van der Waals surface area contributed by atoms with Gasteiger partial charge in [0, 0.05) is 10.5 Å². The molecule has 70 valence electrons. The molecule has 2 heteroatoms. The van der Waals surface area contributed by atoms with E-state index in [1.54, 1.807) is 0 Å². The number of benzene rings is 1. The van der Waals surface area contributed by atoms with Crippen molar-refractivity contribution in [1.29, 1.82) is 0 Å². The molecule has 0 bridgehead atoms. The first kappa shape index (κ1) is 9.22. The molecule has 0 aliphatic heterocycles. The van der Waals surface area contributed by atoms with Crippen LogP contribution < -0.4 is 5.32 Å². The van der Waals surface area contributed by atoms with Crippen LogP contribution in [0.2, 0.25) is 0 Å². The van der Waals surface area contributed by atoms with Crippen molar-refractivity contribution in [2.24, 2.45) is 5.92 Å². The van der Waals surface area contributed by atoms with Crippen LogP contribution in [0.25, 0.3) is 0 Å². The second-order valence-corrected chi connectivity index (χ2v) is 4.57. The monoisotopic (exact) mass is 239 g/mol. The Morgan fingerprint density at radius 2 is 1.92 bits per heavy atom. The Morgan fingerprint density at radius 1 is 1.31 bits per heavy atom. The fraction of sp³-hybridized carbons (Fsp3) is 0.455. The molecule has 13 heavy (non-hydrogen) atoms. The fourth-order valence-corrected chi connectivity index (χ4v) is 2.04. The molecule has 1 nitrogen and oxygen atoms in total. The highest BCUT2D eigenvalue weighted by atomic mass is 79.9. The van der Waals surface area contributed by atoms with Crippen molar-refractivity contribution >= 4 is 15.9 Å². The van der Waals surface area contributed by atoms with Gasteiger partial charge in [-0.1, -0.05) is 28.1 Å². The standard InChI is InChI=1S/C11H14BrN/c1-13-11(8-2-3-8)9-4-6-10(12)7-5-9/h4-8,11,13H,2-3H2,1H3. The van der Waals surface area contributed by atoms with Gasteiger partial charge in [0.15, 0.2) is 0 Å². The third-order valence-electron chi connectivity index (χ3n) is 2.63. The Labute approximate surface area is 87.7 Å². The van der Waals surface area contributed by atoms with Gasteiger partial charge in [0.05, 0.1) is 0 Å². The third-order valence-corrected chi connectivity index (χ3v) is 3.16. The lowest BCUT2D eigenvalue weighted by molar-refractivity contribution is 0.529. The second-order valence-electron chi connectivity index (χ2n) is 3.66. The van der Waals surface area contributed by atoms with Gasteiger partial charge in [0.1, 0.15) is 0 Å². The summed E-state index contributed by atoms with van der Waals surface area (Å²) in [6.45, 7) is 0. The molecule has 0 amide bonds. The molecule has 0 heterocycles. The first-order valence-corrected chi connectivity index (χ1v) is 5.53. The average Bonchev–Trinajstić information content (AvgIpc) is 2.93. The molecule has 1 unspecified atom stereocenters. The van der Waals surface area contributed by atoms with E-state index in [0.717, 1.165) is 10.4 Å². The molecule has 0 spiro atoms. The Balaban J connectivity index is 2.17. The second kappa shape index (κ2) is 3.81. The summed E-state index contributed by atoms with van der Waals surface area (Å²) >= 11 is 3.45. The van der Waals surface area contributed by atoms with Gasteiger partial charge in [-0.05, 0) is 43.5 Å². The molecule has 1 aromatic carbocycles. The zero-order valence-electron chi connectivity index (χ0n) is 7.76. The molecule has 0 saturated heterocycles. The van der Waals surface area contributed by atoms with E-state index in [9.17, 15) is 0 Å². The van der Waals surface area contributed by atoms with Crippen LogP contribution in [-0.4, -0.2) is 7.05 Å². The zero-order chi connectivity index (χ0) is 9.26. The molecule has 0 radical (unpaired) electrons. The minimum Gasteiger partial charge on any atom is -0.313 e. The summed E-state index contributed by atoms with van der Waals surface area (Å²) in [5, 5.41) is 3.38. The van der Waals surface area contributed by atoms with E-state index in [1.165, 1.54) is 18.4 Å². The smallest absolute Gasteiger partial charge is 0.0346 e. The topological polar surface area (TPSA) is 12.0 Å². The fourth-order valence-electron chi connectivity index (χ4n) is 1.77. The Hall–Kier alpha value is -0.340. The summed E-state index contributed by atoms with van der Waals surface area (Å²) in [6, 6.07) is 9.19. The van der Waals surface area contributed by atoms with E-state index in [0.29, 0.717) is 6.04 Å². The van der Waals surface area contributed by atoms with Gasteiger partial charge in [-0.2, -0.15) is 0 Å². The average molecular weight is 240 g/mol. The van der Waals surface area contributed by atoms with Crippen molar-refractivity contribution in [3.05, 3.63) is 34.3 Å². The summed E-state index contributed by atoms with van der Waals surface area (Å²) in [7, 11) is 2.05. The van der Waals surface area contributed by atoms with Crippen LogP contribution in [0.3, 0.4) is 0 Å². The predicted molar refractivity (Wildman–Crippen MR) is 58.7 cm³/mol. The highest BCUT2D eigenvalue weighted by molar-refractivity contribution is 9.10. The van der Waals surface area contributed by atoms with E-state index in [2.05, 4.69) is 45.5 Å². The van der Waals surface area contributed by atoms with E-state index in [4.69, 9.17) is 0 Å². The summed E-state index contributed by atoms with van der Waals surface area (Å²) in [4.78, 5) is 0. The summed E-state index contributed by atoms with van der Waals surface area (Å²) in [6.07, 6.45) is 2.75. The number of hydrogen-bond acceptors (Lipinski definition) is 1.